The molecule has 0 aliphatic carbocycles. The summed E-state index contributed by atoms with van der Waals surface area (Å²) in [5.74, 6) is 0.491. The number of imidazole rings is 1. The zero-order valence-corrected chi connectivity index (χ0v) is 19.2. The van der Waals surface area contributed by atoms with Crippen LogP contribution in [0, 0.1) is 0 Å². The number of fused-ring (bicyclic) bond motifs is 1. The molecule has 3 rings (SSSR count). The molecule has 1 aliphatic rings. The highest BCUT2D eigenvalue weighted by atomic mass is 31.3. The van der Waals surface area contributed by atoms with Crippen molar-refractivity contribution in [1.82, 2.24) is 19.5 Å². The van der Waals surface area contributed by atoms with Crippen LogP contribution in [-0.4, -0.2) is 72.1 Å². The van der Waals surface area contributed by atoms with E-state index in [9.17, 15) is 23.5 Å². The Morgan fingerprint density at radius 3 is 2.50 bits per heavy atom. The lowest BCUT2D eigenvalue weighted by molar-refractivity contribution is -0.0577. The molecule has 17 nitrogen and oxygen atoms in total. The zero-order valence-electron chi connectivity index (χ0n) is 16.5. The third-order valence-corrected chi connectivity index (χ3v) is 7.96. The summed E-state index contributed by atoms with van der Waals surface area (Å²) in [5.41, 5.74) is 0.912. The topological polar surface area (TPSA) is 234 Å². The lowest BCUT2D eigenvalue weighted by Gasteiger charge is -2.19. The Balaban J connectivity index is 1.68. The quantitative estimate of drug-likeness (QED) is 0.269. The van der Waals surface area contributed by atoms with Gasteiger partial charge >= 0.3 is 23.5 Å². The fourth-order valence-electron chi connectivity index (χ4n) is 2.98. The van der Waals surface area contributed by atoms with E-state index in [1.54, 1.807) is 11.6 Å². The molecule has 32 heavy (non-hydrogen) atoms. The Hall–Kier alpha value is -1.32. The average molecular weight is 519 g/mol. The Labute approximate surface area is 180 Å². The predicted molar refractivity (Wildman–Crippen MR) is 104 cm³/mol. The number of anilines is 1. The van der Waals surface area contributed by atoms with Crippen LogP contribution in [0.25, 0.3) is 11.2 Å². The van der Waals surface area contributed by atoms with E-state index in [0.717, 1.165) is 0 Å². The molecule has 1 saturated heterocycles. The van der Waals surface area contributed by atoms with Crippen LogP contribution in [0.3, 0.4) is 0 Å². The molecule has 0 radical (unpaired) electrons. The highest BCUT2D eigenvalue weighted by Crippen LogP contribution is 2.66. The third-order valence-electron chi connectivity index (χ3n) is 4.16. The Morgan fingerprint density at radius 2 is 1.88 bits per heavy atom. The second-order valence-corrected chi connectivity index (χ2v) is 10.8. The van der Waals surface area contributed by atoms with E-state index in [1.165, 1.54) is 19.8 Å². The number of hydrogen-bond acceptors (Lipinski definition) is 12. The Kier molecular flexibility index (Phi) is 7.52. The van der Waals surface area contributed by atoms with Gasteiger partial charge in [0.2, 0.25) is 0 Å². The number of nitrogens with zero attached hydrogens (tertiary/aromatic N) is 4. The van der Waals surface area contributed by atoms with Gasteiger partial charge in [-0.15, -0.1) is 0 Å². The van der Waals surface area contributed by atoms with Crippen molar-refractivity contribution in [2.45, 2.75) is 24.9 Å². The summed E-state index contributed by atoms with van der Waals surface area (Å²) in [6.45, 7) is -0.594. The first-order valence-corrected chi connectivity index (χ1v) is 13.2. The number of ether oxygens (including phenoxy) is 2. The SMILES string of the molecule is CNc1ncnc2c1ncn2C1OC(COP(=O)(O)OP(=O)(O)OP(=O)(O)O)CC1OC. The van der Waals surface area contributed by atoms with Gasteiger partial charge < -0.3 is 34.4 Å². The van der Waals surface area contributed by atoms with E-state index in [1.807, 2.05) is 0 Å². The van der Waals surface area contributed by atoms with Gasteiger partial charge in [0.05, 0.1) is 19.0 Å². The third kappa shape index (κ3) is 6.17. The van der Waals surface area contributed by atoms with Gasteiger partial charge in [-0.2, -0.15) is 8.62 Å². The van der Waals surface area contributed by atoms with Gasteiger partial charge in [0.25, 0.3) is 0 Å². The number of methoxy groups -OCH3 is 1. The molecular weight excluding hydrogens is 499 g/mol. The highest BCUT2D eigenvalue weighted by Gasteiger charge is 2.43. The van der Waals surface area contributed by atoms with Crippen LogP contribution in [0.2, 0.25) is 0 Å². The van der Waals surface area contributed by atoms with Crippen molar-refractivity contribution in [2.24, 2.45) is 0 Å². The van der Waals surface area contributed by atoms with E-state index < -0.39 is 48.5 Å². The monoisotopic (exact) mass is 519 g/mol. The van der Waals surface area contributed by atoms with Crippen molar-refractivity contribution < 1.29 is 55.9 Å². The fourth-order valence-corrected chi connectivity index (χ4v) is 6.03. The molecule has 5 atom stereocenters. The van der Waals surface area contributed by atoms with E-state index in [-0.39, 0.29) is 6.42 Å². The van der Waals surface area contributed by atoms with Gasteiger partial charge in [-0.1, -0.05) is 0 Å². The molecule has 5 N–H and O–H groups in total. The van der Waals surface area contributed by atoms with Crippen molar-refractivity contribution >= 4 is 40.4 Å². The molecule has 0 spiro atoms. The number of aromatic nitrogens is 4. The first-order valence-electron chi connectivity index (χ1n) is 8.66. The van der Waals surface area contributed by atoms with Gasteiger partial charge in [0.15, 0.2) is 17.7 Å². The lowest BCUT2D eigenvalue weighted by atomic mass is 10.2. The molecule has 0 saturated carbocycles. The molecule has 5 unspecified atom stereocenters. The minimum absolute atomic E-state index is 0.181. The maximum absolute atomic E-state index is 11.9. The van der Waals surface area contributed by atoms with Crippen LogP contribution in [0.15, 0.2) is 12.7 Å². The molecular formula is C12H20N5O12P3. The molecule has 0 aromatic carbocycles. The predicted octanol–water partition coefficient (Wildman–Crippen LogP) is 0.514. The number of rotatable bonds is 10. The standard InChI is InChI=1S/C12H20N5O12P3/c1-13-10-9-11(15-5-14-10)17(6-16-9)12-8(25-2)3-7(27-12)4-26-31(21,22)29-32(23,24)28-30(18,19)20/h5-8,12H,3-4H2,1-2H3,(H,21,22)(H,23,24)(H,13,14,15)(H2,18,19,20). The first-order chi connectivity index (χ1) is 14.8. The van der Waals surface area contributed by atoms with Crippen LogP contribution in [0.5, 0.6) is 0 Å². The van der Waals surface area contributed by atoms with Crippen molar-refractivity contribution in [3.63, 3.8) is 0 Å². The molecule has 20 heteroatoms. The molecule has 1 aliphatic heterocycles. The summed E-state index contributed by atoms with van der Waals surface area (Å²) in [5, 5.41) is 2.88. The van der Waals surface area contributed by atoms with Crippen LogP contribution in [-0.2, 0) is 36.3 Å². The summed E-state index contributed by atoms with van der Waals surface area (Å²) in [7, 11) is -13.2. The van der Waals surface area contributed by atoms with Crippen molar-refractivity contribution in [1.29, 1.82) is 0 Å². The van der Waals surface area contributed by atoms with Gasteiger partial charge in [-0.05, 0) is 0 Å². The minimum Gasteiger partial charge on any atom is -0.377 e. The van der Waals surface area contributed by atoms with Crippen molar-refractivity contribution in [3.05, 3.63) is 12.7 Å². The fraction of sp³-hybridized carbons (Fsp3) is 0.583. The maximum atomic E-state index is 11.9. The molecule has 3 heterocycles. The molecule has 2 aromatic rings. The molecule has 1 fully saturated rings. The number of nitrogens with one attached hydrogen (secondary N) is 1. The molecule has 0 bridgehead atoms. The van der Waals surface area contributed by atoms with Crippen LogP contribution in [0.1, 0.15) is 12.6 Å². The Morgan fingerprint density at radius 1 is 1.16 bits per heavy atom. The van der Waals surface area contributed by atoms with E-state index in [4.69, 9.17) is 19.3 Å². The van der Waals surface area contributed by atoms with Crippen molar-refractivity contribution in [2.75, 3.05) is 26.1 Å². The molecule has 2 aromatic heterocycles. The van der Waals surface area contributed by atoms with Gasteiger partial charge in [0.1, 0.15) is 17.9 Å². The van der Waals surface area contributed by atoms with E-state index in [0.29, 0.717) is 17.0 Å². The minimum atomic E-state index is -5.60. The molecule has 180 valence electrons. The summed E-state index contributed by atoms with van der Waals surface area (Å²) in [6.07, 6.45) is 0.838. The highest BCUT2D eigenvalue weighted by molar-refractivity contribution is 7.66. The summed E-state index contributed by atoms with van der Waals surface area (Å²) >= 11 is 0. The first kappa shape index (κ1) is 25.3. The second-order valence-electron chi connectivity index (χ2n) is 6.34. The normalized spacial score (nSPS) is 25.5. The van der Waals surface area contributed by atoms with Gasteiger partial charge in [-0.3, -0.25) is 9.09 Å². The second kappa shape index (κ2) is 9.50. The van der Waals surface area contributed by atoms with E-state index in [2.05, 4.69) is 33.4 Å². The summed E-state index contributed by atoms with van der Waals surface area (Å²) < 4.78 is 58.7. The number of phosphoric ester groups is 1. The zero-order chi connectivity index (χ0) is 23.7. The Bertz CT molecular complexity index is 1110. The summed E-state index contributed by atoms with van der Waals surface area (Å²) in [6, 6.07) is 0. The largest absolute Gasteiger partial charge is 0.490 e. The van der Waals surface area contributed by atoms with Crippen LogP contribution in [0.4, 0.5) is 5.82 Å². The molecule has 0 amide bonds. The smallest absolute Gasteiger partial charge is 0.377 e. The summed E-state index contributed by atoms with van der Waals surface area (Å²) in [4.78, 5) is 48.4. The number of hydrogen-bond donors (Lipinski definition) is 5. The number of phosphoric acid groups is 3. The average Bonchev–Trinajstić information content (AvgIpc) is 3.26. The van der Waals surface area contributed by atoms with Crippen molar-refractivity contribution in [3.8, 4) is 0 Å². The van der Waals surface area contributed by atoms with Crippen LogP contribution >= 0.6 is 23.5 Å². The van der Waals surface area contributed by atoms with Gasteiger partial charge in [0, 0.05) is 20.6 Å². The van der Waals surface area contributed by atoms with Crippen LogP contribution < -0.4 is 5.32 Å². The van der Waals surface area contributed by atoms with Gasteiger partial charge in [-0.25, -0.2) is 28.6 Å². The van der Waals surface area contributed by atoms with E-state index >= 15 is 0 Å². The maximum Gasteiger partial charge on any atom is 0.490 e. The lowest BCUT2D eigenvalue weighted by Crippen LogP contribution is -2.21.